The molecule has 1 heterocycles. The zero-order chi connectivity index (χ0) is 25.0. The van der Waals surface area contributed by atoms with Crippen LogP contribution < -0.4 is 0 Å². The number of likely N-dealkylation sites (tertiary alicyclic amines) is 1. The van der Waals surface area contributed by atoms with Crippen molar-refractivity contribution < 1.29 is 23.1 Å². The van der Waals surface area contributed by atoms with Crippen LogP contribution in [0.25, 0.3) is 11.1 Å². The summed E-state index contributed by atoms with van der Waals surface area (Å²) in [6, 6.07) is 21.0. The predicted octanol–water partition coefficient (Wildman–Crippen LogP) is 7.05. The Morgan fingerprint density at radius 2 is 1.60 bits per heavy atom. The van der Waals surface area contributed by atoms with E-state index in [0.717, 1.165) is 31.5 Å². The topological polar surface area (TPSA) is 40.5 Å². The molecule has 1 aliphatic rings. The highest BCUT2D eigenvalue weighted by atomic mass is 32.1. The van der Waals surface area contributed by atoms with E-state index in [1.807, 2.05) is 24.3 Å². The molecule has 0 radical (unpaired) electrons. The average molecular weight is 500 g/mol. The van der Waals surface area contributed by atoms with Crippen LogP contribution in [0, 0.1) is 0 Å². The molecule has 1 atom stereocenters. The van der Waals surface area contributed by atoms with Crippen molar-refractivity contribution in [3.8, 4) is 11.1 Å². The highest BCUT2D eigenvalue weighted by Gasteiger charge is 2.34. The summed E-state index contributed by atoms with van der Waals surface area (Å²) in [5.41, 5.74) is 2.57. The van der Waals surface area contributed by atoms with E-state index in [-0.39, 0.29) is 12.0 Å². The molecule has 0 amide bonds. The number of hydrogen-bond donors (Lipinski definition) is 2. The van der Waals surface area contributed by atoms with Gasteiger partial charge in [0.25, 0.3) is 0 Å². The van der Waals surface area contributed by atoms with Gasteiger partial charge in [-0.1, -0.05) is 66.7 Å². The molecule has 3 aromatic rings. The summed E-state index contributed by atoms with van der Waals surface area (Å²) in [5, 5.41) is 8.38. The van der Waals surface area contributed by atoms with Crippen molar-refractivity contribution >= 4 is 18.6 Å². The highest BCUT2D eigenvalue weighted by Crippen LogP contribution is 2.40. The summed E-state index contributed by atoms with van der Waals surface area (Å²) in [4.78, 5) is 13.0. The molecule has 1 N–H and O–H groups in total. The van der Waals surface area contributed by atoms with E-state index in [1.54, 1.807) is 36.4 Å². The van der Waals surface area contributed by atoms with Crippen LogP contribution in [-0.4, -0.2) is 35.6 Å². The number of hydrogen-bond acceptors (Lipinski definition) is 3. The van der Waals surface area contributed by atoms with Gasteiger partial charge in [0.2, 0.25) is 0 Å². The molecular weight excluding hydrogens is 471 g/mol. The number of carboxylic acids is 1. The maximum atomic E-state index is 13.9. The highest BCUT2D eigenvalue weighted by molar-refractivity contribution is 7.80. The molecule has 0 bridgehead atoms. The fourth-order valence-electron chi connectivity index (χ4n) is 4.72. The molecular formula is C28H28F3NO2S. The van der Waals surface area contributed by atoms with Crippen LogP contribution in [0.5, 0.6) is 0 Å². The molecule has 1 saturated heterocycles. The lowest BCUT2D eigenvalue weighted by Gasteiger charge is -2.32. The molecule has 35 heavy (non-hydrogen) atoms. The molecule has 1 unspecified atom stereocenters. The molecule has 7 heteroatoms. The van der Waals surface area contributed by atoms with Crippen LogP contribution in [0.2, 0.25) is 0 Å². The number of benzene rings is 3. The van der Waals surface area contributed by atoms with Gasteiger partial charge in [-0.05, 0) is 65.7 Å². The molecule has 0 aliphatic carbocycles. The zero-order valence-electron chi connectivity index (χ0n) is 19.2. The Balaban J connectivity index is 1.48. The van der Waals surface area contributed by atoms with E-state index in [4.69, 9.17) is 5.11 Å². The van der Waals surface area contributed by atoms with Crippen molar-refractivity contribution in [2.24, 2.45) is 0 Å². The number of piperidine rings is 1. The Morgan fingerprint density at radius 1 is 0.971 bits per heavy atom. The average Bonchev–Trinajstić information content (AvgIpc) is 2.87. The van der Waals surface area contributed by atoms with Gasteiger partial charge >= 0.3 is 12.1 Å². The molecule has 1 fully saturated rings. The van der Waals surface area contributed by atoms with Crippen molar-refractivity contribution in [1.82, 2.24) is 4.90 Å². The fraction of sp³-hybridized carbons (Fsp3) is 0.321. The molecule has 3 aromatic carbocycles. The third-order valence-corrected chi connectivity index (χ3v) is 7.30. The lowest BCUT2D eigenvalue weighted by Crippen LogP contribution is -2.34. The van der Waals surface area contributed by atoms with Crippen molar-refractivity contribution in [3.63, 3.8) is 0 Å². The first kappa shape index (κ1) is 25.3. The van der Waals surface area contributed by atoms with Gasteiger partial charge in [-0.25, -0.2) is 0 Å². The second-order valence-corrected chi connectivity index (χ2v) is 9.51. The quantitative estimate of drug-likeness (QED) is 0.343. The van der Waals surface area contributed by atoms with Crippen LogP contribution in [0.3, 0.4) is 0 Å². The molecule has 3 nitrogen and oxygen atoms in total. The minimum Gasteiger partial charge on any atom is -0.481 e. The molecule has 0 saturated carbocycles. The van der Waals surface area contributed by atoms with E-state index in [2.05, 4.69) is 17.5 Å². The number of alkyl halides is 3. The van der Waals surface area contributed by atoms with E-state index in [0.29, 0.717) is 23.6 Å². The maximum Gasteiger partial charge on any atom is 0.417 e. The minimum absolute atomic E-state index is 0.158. The Morgan fingerprint density at radius 3 is 2.20 bits per heavy atom. The Bertz CT molecular complexity index is 1140. The SMILES string of the molecule is O=C(O)CCN1CCC(c2ccc(C(S)c3ccc(-c4ccccc4)c(C(F)(F)F)c3)cc2)CC1. The Kier molecular flexibility index (Phi) is 7.87. The van der Waals surface area contributed by atoms with Crippen molar-refractivity contribution in [2.45, 2.75) is 36.6 Å². The molecule has 0 spiro atoms. The summed E-state index contributed by atoms with van der Waals surface area (Å²) in [6.07, 6.45) is -2.40. The van der Waals surface area contributed by atoms with Gasteiger partial charge in [0.05, 0.1) is 17.2 Å². The number of halogens is 3. The van der Waals surface area contributed by atoms with Crippen molar-refractivity contribution in [1.29, 1.82) is 0 Å². The predicted molar refractivity (Wildman–Crippen MR) is 135 cm³/mol. The second-order valence-electron chi connectivity index (χ2n) is 9.00. The zero-order valence-corrected chi connectivity index (χ0v) is 20.1. The first-order valence-electron chi connectivity index (χ1n) is 11.7. The minimum atomic E-state index is -4.47. The monoisotopic (exact) mass is 499 g/mol. The standard InChI is InChI=1S/C28H28F3NO2S/c29-28(30,31)25-18-23(10-11-24(25)21-4-2-1-3-5-21)27(35)22-8-6-19(7-9-22)20-12-15-32(16-13-20)17-14-26(33)34/h1-11,18,20,27,35H,12-17H2,(H,33,34). The maximum absolute atomic E-state index is 13.9. The number of nitrogens with zero attached hydrogens (tertiary/aromatic N) is 1. The molecule has 4 rings (SSSR count). The summed E-state index contributed by atoms with van der Waals surface area (Å²) in [5.74, 6) is -0.383. The Hall–Kier alpha value is -2.77. The second kappa shape index (κ2) is 10.9. The third kappa shape index (κ3) is 6.27. The van der Waals surface area contributed by atoms with Gasteiger partial charge in [0, 0.05) is 6.54 Å². The van der Waals surface area contributed by atoms with E-state index in [9.17, 15) is 18.0 Å². The van der Waals surface area contributed by atoms with Crippen LogP contribution in [0.1, 0.15) is 52.7 Å². The smallest absolute Gasteiger partial charge is 0.417 e. The first-order chi connectivity index (χ1) is 16.7. The van der Waals surface area contributed by atoms with Gasteiger partial charge < -0.3 is 10.0 Å². The molecule has 1 aliphatic heterocycles. The first-order valence-corrected chi connectivity index (χ1v) is 12.2. The number of rotatable bonds is 7. The van der Waals surface area contributed by atoms with Gasteiger partial charge in [-0.2, -0.15) is 25.8 Å². The number of carboxylic acid groups (broad SMARTS) is 1. The van der Waals surface area contributed by atoms with Crippen molar-refractivity contribution in [2.75, 3.05) is 19.6 Å². The summed E-state index contributed by atoms with van der Waals surface area (Å²) >= 11 is 4.66. The van der Waals surface area contributed by atoms with Gasteiger partial charge in [0.1, 0.15) is 0 Å². The van der Waals surface area contributed by atoms with Crippen LogP contribution in [0.4, 0.5) is 13.2 Å². The lowest BCUT2D eigenvalue weighted by molar-refractivity contribution is -0.138. The normalized spacial score (nSPS) is 16.2. The molecule has 0 aromatic heterocycles. The summed E-state index contributed by atoms with van der Waals surface area (Å²) in [6.45, 7) is 2.30. The van der Waals surface area contributed by atoms with Crippen molar-refractivity contribution in [3.05, 3.63) is 95.1 Å². The lowest BCUT2D eigenvalue weighted by atomic mass is 9.88. The van der Waals surface area contributed by atoms with E-state index >= 15 is 0 Å². The summed E-state index contributed by atoms with van der Waals surface area (Å²) < 4.78 is 41.7. The van der Waals surface area contributed by atoms with Gasteiger partial charge in [-0.15, -0.1) is 0 Å². The fourth-order valence-corrected chi connectivity index (χ4v) is 5.06. The molecule has 184 valence electrons. The van der Waals surface area contributed by atoms with E-state index in [1.165, 1.54) is 17.7 Å². The van der Waals surface area contributed by atoms with Crippen LogP contribution in [0.15, 0.2) is 72.8 Å². The largest absolute Gasteiger partial charge is 0.481 e. The number of carbonyl (C=O) groups is 1. The van der Waals surface area contributed by atoms with Crippen LogP contribution >= 0.6 is 12.6 Å². The van der Waals surface area contributed by atoms with Gasteiger partial charge in [-0.3, -0.25) is 4.79 Å². The summed E-state index contributed by atoms with van der Waals surface area (Å²) in [7, 11) is 0. The van der Waals surface area contributed by atoms with E-state index < -0.39 is 23.0 Å². The Labute approximate surface area is 209 Å². The number of thiol groups is 1. The van der Waals surface area contributed by atoms with Gasteiger partial charge in [0.15, 0.2) is 0 Å². The van der Waals surface area contributed by atoms with Crippen LogP contribution in [-0.2, 0) is 11.0 Å². The third-order valence-electron chi connectivity index (χ3n) is 6.70. The number of aliphatic carboxylic acids is 1.